The molecule has 2 aromatic rings. The van der Waals surface area contributed by atoms with Crippen molar-refractivity contribution >= 4 is 11.8 Å². The molecule has 0 N–H and O–H groups in total. The number of carbonyl (C=O) groups excluding carboxylic acids is 2. The van der Waals surface area contributed by atoms with Gasteiger partial charge < -0.3 is 4.74 Å². The third-order valence-corrected chi connectivity index (χ3v) is 6.53. The average molecular weight is 404 g/mol. The van der Waals surface area contributed by atoms with E-state index in [0.29, 0.717) is 25.3 Å². The Morgan fingerprint density at radius 1 is 1.13 bits per heavy atom. The van der Waals surface area contributed by atoms with Gasteiger partial charge in [0.25, 0.3) is 5.91 Å². The fourth-order valence-electron chi connectivity index (χ4n) is 4.89. The van der Waals surface area contributed by atoms with Gasteiger partial charge in [0.1, 0.15) is 5.75 Å². The van der Waals surface area contributed by atoms with E-state index in [1.807, 2.05) is 24.3 Å². The highest BCUT2D eigenvalue weighted by molar-refractivity contribution is 6.10. The molecule has 4 rings (SSSR count). The number of nitrogens with zero attached hydrogens (tertiary/aromatic N) is 1. The number of amides is 2. The fourth-order valence-corrected chi connectivity index (χ4v) is 4.89. The van der Waals surface area contributed by atoms with Gasteiger partial charge in [-0.1, -0.05) is 55.0 Å². The molecule has 2 amide bonds. The summed E-state index contributed by atoms with van der Waals surface area (Å²) in [4.78, 5) is 28.2. The topological polar surface area (TPSA) is 46.6 Å². The molecule has 156 valence electrons. The molecule has 0 radical (unpaired) electrons. The van der Waals surface area contributed by atoms with Crippen LogP contribution in [0, 0.1) is 12.8 Å². The SMILES string of the molecule is COc1cccc(C23CC(=O)N(CCc4ccc(C)cc4)C(=O)C2=CCC(C)C3)c1. The van der Waals surface area contributed by atoms with Crippen molar-refractivity contribution < 1.29 is 14.3 Å². The van der Waals surface area contributed by atoms with Crippen LogP contribution in [0.1, 0.15) is 42.9 Å². The van der Waals surface area contributed by atoms with E-state index in [-0.39, 0.29) is 11.8 Å². The summed E-state index contributed by atoms with van der Waals surface area (Å²) < 4.78 is 5.42. The van der Waals surface area contributed by atoms with Crippen molar-refractivity contribution in [2.24, 2.45) is 5.92 Å². The molecule has 30 heavy (non-hydrogen) atoms. The third-order valence-electron chi connectivity index (χ3n) is 6.53. The highest BCUT2D eigenvalue weighted by atomic mass is 16.5. The van der Waals surface area contributed by atoms with Crippen LogP contribution in [0.3, 0.4) is 0 Å². The molecule has 1 fully saturated rings. The van der Waals surface area contributed by atoms with Gasteiger partial charge in [-0.2, -0.15) is 0 Å². The maximum atomic E-state index is 13.5. The zero-order valence-electron chi connectivity index (χ0n) is 18.0. The van der Waals surface area contributed by atoms with Crippen LogP contribution < -0.4 is 4.74 Å². The van der Waals surface area contributed by atoms with E-state index in [2.05, 4.69) is 44.2 Å². The predicted octanol–water partition coefficient (Wildman–Crippen LogP) is 4.60. The zero-order chi connectivity index (χ0) is 21.3. The first-order valence-electron chi connectivity index (χ1n) is 10.7. The standard InChI is InChI=1S/C26H29NO3/c1-18-7-10-20(11-8-18)13-14-27-24(28)17-26(21-5-4-6-22(15-21)30-3)16-19(2)9-12-23(26)25(27)29/h4-8,10-12,15,19H,9,13-14,16-17H2,1-3H3. The quantitative estimate of drug-likeness (QED) is 0.686. The predicted molar refractivity (Wildman–Crippen MR) is 117 cm³/mol. The van der Waals surface area contributed by atoms with Crippen molar-refractivity contribution in [1.29, 1.82) is 0 Å². The lowest BCUT2D eigenvalue weighted by molar-refractivity contribution is -0.147. The molecule has 4 heteroatoms. The highest BCUT2D eigenvalue weighted by Crippen LogP contribution is 2.49. The summed E-state index contributed by atoms with van der Waals surface area (Å²) in [5.41, 5.74) is 3.56. The maximum Gasteiger partial charge on any atom is 0.256 e. The van der Waals surface area contributed by atoms with Crippen LogP contribution in [-0.4, -0.2) is 30.4 Å². The van der Waals surface area contributed by atoms with Gasteiger partial charge in [0.05, 0.1) is 7.11 Å². The smallest absolute Gasteiger partial charge is 0.256 e. The molecular weight excluding hydrogens is 374 g/mol. The molecule has 2 aromatic carbocycles. The van der Waals surface area contributed by atoms with Gasteiger partial charge in [-0.05, 0) is 55.4 Å². The number of allylic oxidation sites excluding steroid dienone is 1. The Labute approximate surface area is 178 Å². The zero-order valence-corrected chi connectivity index (χ0v) is 18.0. The second kappa shape index (κ2) is 8.10. The lowest BCUT2D eigenvalue weighted by Crippen LogP contribution is -2.53. The van der Waals surface area contributed by atoms with Gasteiger partial charge in [-0.25, -0.2) is 0 Å². The minimum Gasteiger partial charge on any atom is -0.497 e. The van der Waals surface area contributed by atoms with Gasteiger partial charge in [-0.15, -0.1) is 0 Å². The van der Waals surface area contributed by atoms with Crippen LogP contribution in [0.5, 0.6) is 5.75 Å². The molecule has 2 aliphatic rings. The lowest BCUT2D eigenvalue weighted by Gasteiger charge is -2.46. The van der Waals surface area contributed by atoms with E-state index in [1.165, 1.54) is 10.5 Å². The Kier molecular flexibility index (Phi) is 5.50. The first kappa shape index (κ1) is 20.4. The number of likely N-dealkylation sites (tertiary alicyclic amines) is 1. The Hall–Kier alpha value is -2.88. The number of aryl methyl sites for hydroxylation is 1. The fraction of sp³-hybridized carbons (Fsp3) is 0.385. The summed E-state index contributed by atoms with van der Waals surface area (Å²) in [5.74, 6) is 0.954. The summed E-state index contributed by atoms with van der Waals surface area (Å²) in [6.07, 6.45) is 4.74. The summed E-state index contributed by atoms with van der Waals surface area (Å²) in [6.45, 7) is 4.66. The van der Waals surface area contributed by atoms with Crippen molar-refractivity contribution in [3.63, 3.8) is 0 Å². The summed E-state index contributed by atoms with van der Waals surface area (Å²) in [6, 6.07) is 16.1. The minimum atomic E-state index is -0.555. The number of hydrogen-bond acceptors (Lipinski definition) is 3. The summed E-state index contributed by atoms with van der Waals surface area (Å²) in [5, 5.41) is 0. The van der Waals surface area contributed by atoms with E-state index in [0.717, 1.165) is 35.3 Å². The van der Waals surface area contributed by atoms with Gasteiger partial charge in [0, 0.05) is 24.0 Å². The first-order valence-corrected chi connectivity index (χ1v) is 10.7. The number of hydrogen-bond donors (Lipinski definition) is 0. The Balaban J connectivity index is 1.64. The Morgan fingerprint density at radius 3 is 2.63 bits per heavy atom. The average Bonchev–Trinajstić information content (AvgIpc) is 2.74. The van der Waals surface area contributed by atoms with Crippen LogP contribution in [0.15, 0.2) is 60.2 Å². The maximum absolute atomic E-state index is 13.5. The van der Waals surface area contributed by atoms with Crippen molar-refractivity contribution in [2.45, 2.75) is 44.9 Å². The molecule has 1 aliphatic carbocycles. The summed E-state index contributed by atoms with van der Waals surface area (Å²) in [7, 11) is 1.64. The van der Waals surface area contributed by atoms with Crippen LogP contribution in [-0.2, 0) is 21.4 Å². The molecule has 2 unspecified atom stereocenters. The van der Waals surface area contributed by atoms with Crippen molar-refractivity contribution in [3.8, 4) is 5.75 Å². The number of rotatable bonds is 5. The van der Waals surface area contributed by atoms with E-state index < -0.39 is 5.41 Å². The first-order chi connectivity index (χ1) is 14.4. The number of methoxy groups -OCH3 is 1. The molecule has 2 atom stereocenters. The van der Waals surface area contributed by atoms with Gasteiger partial charge in [0.15, 0.2) is 0 Å². The normalized spacial score (nSPS) is 23.8. The third kappa shape index (κ3) is 3.67. The molecule has 0 bridgehead atoms. The van der Waals surface area contributed by atoms with E-state index in [1.54, 1.807) is 7.11 Å². The number of benzene rings is 2. The molecule has 4 nitrogen and oxygen atoms in total. The van der Waals surface area contributed by atoms with Gasteiger partial charge in [-0.3, -0.25) is 14.5 Å². The molecule has 0 aromatic heterocycles. The monoisotopic (exact) mass is 403 g/mol. The molecule has 0 spiro atoms. The van der Waals surface area contributed by atoms with Gasteiger partial charge in [0.2, 0.25) is 5.91 Å². The van der Waals surface area contributed by atoms with Crippen LogP contribution in [0.2, 0.25) is 0 Å². The molecule has 1 heterocycles. The molecule has 1 saturated heterocycles. The van der Waals surface area contributed by atoms with Crippen molar-refractivity contribution in [1.82, 2.24) is 4.90 Å². The second-order valence-corrected chi connectivity index (χ2v) is 8.74. The van der Waals surface area contributed by atoms with Crippen molar-refractivity contribution in [3.05, 3.63) is 76.9 Å². The molecular formula is C26H29NO3. The highest BCUT2D eigenvalue weighted by Gasteiger charge is 2.50. The number of ether oxygens (including phenoxy) is 1. The number of piperidine rings is 1. The summed E-state index contributed by atoms with van der Waals surface area (Å²) >= 11 is 0. The largest absolute Gasteiger partial charge is 0.497 e. The Bertz CT molecular complexity index is 992. The van der Waals surface area contributed by atoms with Crippen LogP contribution in [0.25, 0.3) is 0 Å². The minimum absolute atomic E-state index is 0.0822. The molecule has 0 saturated carbocycles. The van der Waals surface area contributed by atoms with Crippen LogP contribution in [0.4, 0.5) is 0 Å². The van der Waals surface area contributed by atoms with E-state index in [4.69, 9.17) is 4.74 Å². The van der Waals surface area contributed by atoms with Gasteiger partial charge >= 0.3 is 0 Å². The number of fused-ring (bicyclic) bond motifs is 1. The van der Waals surface area contributed by atoms with E-state index in [9.17, 15) is 9.59 Å². The second-order valence-electron chi connectivity index (χ2n) is 8.74. The molecule has 1 aliphatic heterocycles. The van der Waals surface area contributed by atoms with Crippen LogP contribution >= 0.6 is 0 Å². The van der Waals surface area contributed by atoms with Crippen molar-refractivity contribution in [2.75, 3.05) is 13.7 Å². The number of imide groups is 1. The van der Waals surface area contributed by atoms with E-state index >= 15 is 0 Å². The lowest BCUT2D eigenvalue weighted by atomic mass is 9.61. The number of carbonyl (C=O) groups is 2. The Morgan fingerprint density at radius 2 is 1.90 bits per heavy atom.